The van der Waals surface area contributed by atoms with Crippen LogP contribution in [0.25, 0.3) is 0 Å². The number of nitrogens with one attached hydrogen (secondary N) is 1. The Morgan fingerprint density at radius 2 is 1.78 bits per heavy atom. The van der Waals surface area contributed by atoms with Crippen LogP contribution in [0, 0.1) is 5.92 Å². The number of nitrogens with zero attached hydrogens (tertiary/aromatic N) is 2. The quantitative estimate of drug-likeness (QED) is 0.453. The first-order valence-electron chi connectivity index (χ1n) is 12.3. The molecular weight excluding hydrogens is 422 g/mol. The number of unbranched alkanes of at least 4 members (excludes halogenated alkanes) is 1. The van der Waals surface area contributed by atoms with Gasteiger partial charge in [0.2, 0.25) is 5.91 Å². The van der Waals surface area contributed by atoms with Gasteiger partial charge in [-0.1, -0.05) is 32.9 Å². The molecule has 0 aliphatic carbocycles. The number of carbonyl (C=O) groups excluding carboxylic acids is 1. The van der Waals surface area contributed by atoms with Gasteiger partial charge in [-0.25, -0.2) is 8.42 Å². The minimum atomic E-state index is -3.20. The van der Waals surface area contributed by atoms with E-state index in [0.717, 1.165) is 65.0 Å². The van der Waals surface area contributed by atoms with Gasteiger partial charge >= 0.3 is 0 Å². The zero-order valence-electron chi connectivity index (χ0n) is 20.5. The molecule has 1 unspecified atom stereocenters. The topological polar surface area (TPSA) is 69.7 Å². The molecule has 1 saturated heterocycles. The molecule has 32 heavy (non-hydrogen) atoms. The smallest absolute Gasteiger partial charge is 0.223 e. The van der Waals surface area contributed by atoms with Crippen molar-refractivity contribution in [3.05, 3.63) is 29.8 Å². The fourth-order valence-corrected chi connectivity index (χ4v) is 5.97. The Balaban J connectivity index is 1.85. The summed E-state index contributed by atoms with van der Waals surface area (Å²) in [6.45, 7) is 13.7. The van der Waals surface area contributed by atoms with E-state index in [1.165, 1.54) is 5.56 Å². The van der Waals surface area contributed by atoms with Crippen molar-refractivity contribution in [1.29, 1.82) is 0 Å². The lowest BCUT2D eigenvalue weighted by Gasteiger charge is -2.29. The van der Waals surface area contributed by atoms with Crippen LogP contribution in [0.3, 0.4) is 0 Å². The average Bonchev–Trinajstić information content (AvgIpc) is 2.93. The monoisotopic (exact) mass is 465 g/mol. The maximum absolute atomic E-state index is 12.4. The molecule has 1 N–H and O–H groups in total. The third-order valence-corrected chi connectivity index (χ3v) is 8.15. The van der Waals surface area contributed by atoms with Crippen LogP contribution in [0.5, 0.6) is 0 Å². The second-order valence-corrected chi connectivity index (χ2v) is 11.5. The Morgan fingerprint density at radius 3 is 2.44 bits per heavy atom. The lowest BCUT2D eigenvalue weighted by atomic mass is 10.1. The summed E-state index contributed by atoms with van der Waals surface area (Å²) in [5.74, 6) is 0.580. The fraction of sp³-hybridized carbons (Fsp3) is 0.720. The maximum Gasteiger partial charge on any atom is 0.223 e. The average molecular weight is 466 g/mol. The van der Waals surface area contributed by atoms with Gasteiger partial charge in [-0.2, -0.15) is 0 Å². The van der Waals surface area contributed by atoms with Crippen LogP contribution < -0.4 is 5.32 Å². The number of carbonyl (C=O) groups is 1. The van der Waals surface area contributed by atoms with Crippen molar-refractivity contribution in [2.24, 2.45) is 5.92 Å². The number of amides is 1. The first-order valence-corrected chi connectivity index (χ1v) is 13.9. The number of rotatable bonds is 13. The second-order valence-electron chi connectivity index (χ2n) is 9.50. The third kappa shape index (κ3) is 8.83. The summed E-state index contributed by atoms with van der Waals surface area (Å²) in [6.07, 6.45) is 4.72. The van der Waals surface area contributed by atoms with Gasteiger partial charge in [0, 0.05) is 38.6 Å². The second kappa shape index (κ2) is 13.3. The molecule has 0 saturated carbocycles. The first-order chi connectivity index (χ1) is 15.2. The van der Waals surface area contributed by atoms with Crippen LogP contribution in [-0.2, 0) is 21.1 Å². The highest BCUT2D eigenvalue weighted by Gasteiger charge is 2.19. The van der Waals surface area contributed by atoms with Crippen LogP contribution in [-0.4, -0.2) is 75.2 Å². The van der Waals surface area contributed by atoms with Crippen molar-refractivity contribution in [2.75, 3.05) is 45.0 Å². The Hall–Kier alpha value is -1.44. The summed E-state index contributed by atoms with van der Waals surface area (Å²) >= 11 is 0. The third-order valence-electron chi connectivity index (χ3n) is 6.05. The van der Waals surface area contributed by atoms with Crippen molar-refractivity contribution in [2.45, 2.75) is 70.7 Å². The van der Waals surface area contributed by atoms with E-state index in [4.69, 9.17) is 0 Å². The standard InChI is InChI=1S/C25H43N3O3S/c1-5-15-27(16-6-7-17-28-18-14-26-13-12-25(28)29)22(4)19-23-8-10-24(11-9-23)32(30,31)20-21(2)3/h8-11,21-22,26H,5-7,12-20H2,1-4H3. The first kappa shape index (κ1) is 26.8. The highest BCUT2D eigenvalue weighted by Crippen LogP contribution is 2.17. The molecule has 1 atom stereocenters. The number of hydrogen-bond donors (Lipinski definition) is 1. The normalized spacial score (nSPS) is 16.6. The molecule has 1 amide bonds. The van der Waals surface area contributed by atoms with Crippen LogP contribution in [0.4, 0.5) is 0 Å². The molecule has 0 aromatic heterocycles. The van der Waals surface area contributed by atoms with Gasteiger partial charge in [0.1, 0.15) is 0 Å². The van der Waals surface area contributed by atoms with Crippen molar-refractivity contribution < 1.29 is 13.2 Å². The van der Waals surface area contributed by atoms with Gasteiger partial charge in [-0.3, -0.25) is 4.79 Å². The largest absolute Gasteiger partial charge is 0.341 e. The van der Waals surface area contributed by atoms with Crippen LogP contribution >= 0.6 is 0 Å². The predicted molar refractivity (Wildman–Crippen MR) is 132 cm³/mol. The lowest BCUT2D eigenvalue weighted by molar-refractivity contribution is -0.130. The van der Waals surface area contributed by atoms with Gasteiger partial charge in [0.25, 0.3) is 0 Å². The number of sulfone groups is 1. The molecule has 6 nitrogen and oxygen atoms in total. The van der Waals surface area contributed by atoms with E-state index in [9.17, 15) is 13.2 Å². The molecule has 0 bridgehead atoms. The van der Waals surface area contributed by atoms with E-state index in [-0.39, 0.29) is 17.6 Å². The van der Waals surface area contributed by atoms with Crippen LogP contribution in [0.1, 0.15) is 58.9 Å². The maximum atomic E-state index is 12.4. The molecule has 1 heterocycles. The predicted octanol–water partition coefficient (Wildman–Crippen LogP) is 3.36. The number of benzene rings is 1. The lowest BCUT2D eigenvalue weighted by Crippen LogP contribution is -2.37. The zero-order chi connectivity index (χ0) is 23.6. The SMILES string of the molecule is CCCN(CCCCN1CCNCCC1=O)C(C)Cc1ccc(S(=O)(=O)CC(C)C)cc1. The minimum Gasteiger partial charge on any atom is -0.341 e. The molecule has 0 spiro atoms. The molecule has 1 aromatic carbocycles. The van der Waals surface area contributed by atoms with E-state index in [0.29, 0.717) is 17.4 Å². The molecule has 0 radical (unpaired) electrons. The van der Waals surface area contributed by atoms with Gasteiger partial charge in [-0.15, -0.1) is 0 Å². The molecule has 7 heteroatoms. The molecule has 2 rings (SSSR count). The molecule has 1 aromatic rings. The Morgan fingerprint density at radius 1 is 1.06 bits per heavy atom. The van der Waals surface area contributed by atoms with Gasteiger partial charge in [0.15, 0.2) is 9.84 Å². The zero-order valence-corrected chi connectivity index (χ0v) is 21.3. The van der Waals surface area contributed by atoms with Gasteiger partial charge < -0.3 is 15.1 Å². The van der Waals surface area contributed by atoms with Crippen molar-refractivity contribution in [1.82, 2.24) is 15.1 Å². The summed E-state index contributed by atoms with van der Waals surface area (Å²) in [5.41, 5.74) is 1.17. The van der Waals surface area contributed by atoms with E-state index in [1.807, 2.05) is 30.9 Å². The minimum absolute atomic E-state index is 0.122. The Kier molecular flexibility index (Phi) is 11.2. The summed E-state index contributed by atoms with van der Waals surface area (Å²) in [5, 5.41) is 3.29. The van der Waals surface area contributed by atoms with Crippen LogP contribution in [0.15, 0.2) is 29.2 Å². The summed E-state index contributed by atoms with van der Waals surface area (Å²) in [4.78, 5) is 17.1. The Bertz CT molecular complexity index is 793. The molecule has 1 fully saturated rings. The van der Waals surface area contributed by atoms with E-state index >= 15 is 0 Å². The van der Waals surface area contributed by atoms with E-state index in [2.05, 4.69) is 24.1 Å². The Labute approximate surface area is 195 Å². The summed E-state index contributed by atoms with van der Waals surface area (Å²) in [6, 6.07) is 7.84. The molecule has 1 aliphatic heterocycles. The van der Waals surface area contributed by atoms with Gasteiger partial charge in [0.05, 0.1) is 10.6 Å². The highest BCUT2D eigenvalue weighted by molar-refractivity contribution is 7.91. The fourth-order valence-electron chi connectivity index (χ4n) is 4.35. The summed E-state index contributed by atoms with van der Waals surface area (Å²) < 4.78 is 24.9. The highest BCUT2D eigenvalue weighted by atomic mass is 32.2. The summed E-state index contributed by atoms with van der Waals surface area (Å²) in [7, 11) is -3.20. The van der Waals surface area contributed by atoms with E-state index in [1.54, 1.807) is 12.1 Å². The number of hydrogen-bond acceptors (Lipinski definition) is 5. The van der Waals surface area contributed by atoms with Gasteiger partial charge in [-0.05, 0) is 69.3 Å². The van der Waals surface area contributed by atoms with E-state index < -0.39 is 9.84 Å². The van der Waals surface area contributed by atoms with Crippen LogP contribution in [0.2, 0.25) is 0 Å². The molecule has 182 valence electrons. The van der Waals surface area contributed by atoms with Crippen molar-refractivity contribution in [3.8, 4) is 0 Å². The molecule has 1 aliphatic rings. The molecular formula is C25H43N3O3S. The van der Waals surface area contributed by atoms with Crippen molar-refractivity contribution in [3.63, 3.8) is 0 Å². The van der Waals surface area contributed by atoms with Crippen molar-refractivity contribution >= 4 is 15.7 Å².